The molecule has 0 saturated carbocycles. The fourth-order valence-corrected chi connectivity index (χ4v) is 1.56. The summed E-state index contributed by atoms with van der Waals surface area (Å²) in [6, 6.07) is 20.3. The minimum absolute atomic E-state index is 0. The van der Waals surface area contributed by atoms with Gasteiger partial charge in [-0.25, -0.2) is 0 Å². The second-order valence-electron chi connectivity index (χ2n) is 3.55. The standard InChI is InChI=1S/C14H9N2O.Ir/c1-3-7-11(8-4-1)13-15-16-14(17-13)12-9-5-2-6-10-12;/h1-9H;/q-1;. The number of hydrogen-bond donors (Lipinski definition) is 0. The topological polar surface area (TPSA) is 38.9 Å². The minimum atomic E-state index is 0. The van der Waals surface area contributed by atoms with E-state index in [2.05, 4.69) is 16.3 Å². The monoisotopic (exact) mass is 414 g/mol. The molecule has 0 unspecified atom stereocenters. The van der Waals surface area contributed by atoms with Gasteiger partial charge in [-0.3, -0.25) is 0 Å². The number of benzene rings is 2. The zero-order valence-electron chi connectivity index (χ0n) is 9.33. The fourth-order valence-electron chi connectivity index (χ4n) is 1.56. The van der Waals surface area contributed by atoms with E-state index in [0.29, 0.717) is 11.8 Å². The Morgan fingerprint density at radius 2 is 1.56 bits per heavy atom. The van der Waals surface area contributed by atoms with Gasteiger partial charge in [-0.1, -0.05) is 23.8 Å². The third-order valence-electron chi connectivity index (χ3n) is 2.39. The largest absolute Gasteiger partial charge is 0.464 e. The number of hydrogen-bond acceptors (Lipinski definition) is 3. The van der Waals surface area contributed by atoms with Gasteiger partial charge in [0, 0.05) is 25.7 Å². The quantitative estimate of drug-likeness (QED) is 0.606. The molecule has 0 aliphatic heterocycles. The van der Waals surface area contributed by atoms with Crippen molar-refractivity contribution in [1.82, 2.24) is 10.2 Å². The predicted octanol–water partition coefficient (Wildman–Crippen LogP) is 3.20. The Hall–Kier alpha value is -1.77. The molecular weight excluding hydrogens is 404 g/mol. The molecule has 1 radical (unpaired) electrons. The maximum absolute atomic E-state index is 5.60. The van der Waals surface area contributed by atoms with Gasteiger partial charge >= 0.3 is 0 Å². The zero-order valence-corrected chi connectivity index (χ0v) is 11.7. The molecule has 3 aromatic rings. The van der Waals surface area contributed by atoms with Gasteiger partial charge in [-0.05, 0) is 12.1 Å². The minimum Gasteiger partial charge on any atom is -0.464 e. The summed E-state index contributed by atoms with van der Waals surface area (Å²) in [4.78, 5) is 0. The molecule has 0 saturated heterocycles. The molecule has 1 aromatic heterocycles. The summed E-state index contributed by atoms with van der Waals surface area (Å²) in [5, 5.41) is 8.04. The Morgan fingerprint density at radius 1 is 0.833 bits per heavy atom. The van der Waals surface area contributed by atoms with E-state index in [-0.39, 0.29) is 20.1 Å². The van der Waals surface area contributed by atoms with Crippen molar-refractivity contribution in [2.24, 2.45) is 0 Å². The number of rotatable bonds is 2. The van der Waals surface area contributed by atoms with Crippen molar-refractivity contribution in [2.75, 3.05) is 0 Å². The van der Waals surface area contributed by atoms with E-state index < -0.39 is 0 Å². The molecule has 1 heterocycles. The third kappa shape index (κ3) is 2.55. The van der Waals surface area contributed by atoms with Gasteiger partial charge in [-0.2, -0.15) is 5.10 Å². The van der Waals surface area contributed by atoms with Crippen LogP contribution in [0.4, 0.5) is 0 Å². The van der Waals surface area contributed by atoms with Gasteiger partial charge in [0.2, 0.25) is 5.89 Å². The summed E-state index contributed by atoms with van der Waals surface area (Å²) in [6.07, 6.45) is 0. The van der Waals surface area contributed by atoms with E-state index in [9.17, 15) is 0 Å². The molecule has 0 fully saturated rings. The van der Waals surface area contributed by atoms with Crippen LogP contribution in [0.1, 0.15) is 0 Å². The molecule has 0 spiro atoms. The summed E-state index contributed by atoms with van der Waals surface area (Å²) < 4.78 is 5.60. The molecule has 0 aliphatic carbocycles. The Labute approximate surface area is 118 Å². The van der Waals surface area contributed by atoms with Gasteiger partial charge in [0.15, 0.2) is 5.89 Å². The molecule has 0 atom stereocenters. The molecule has 2 aromatic carbocycles. The van der Waals surface area contributed by atoms with E-state index in [1.54, 1.807) is 0 Å². The van der Waals surface area contributed by atoms with Crippen molar-refractivity contribution in [3.05, 3.63) is 60.7 Å². The second kappa shape index (κ2) is 5.71. The van der Waals surface area contributed by atoms with Crippen LogP contribution in [0.25, 0.3) is 22.9 Å². The molecule has 3 rings (SSSR count). The van der Waals surface area contributed by atoms with Gasteiger partial charge < -0.3 is 4.42 Å². The molecule has 4 heteroatoms. The first-order valence-electron chi connectivity index (χ1n) is 5.29. The Bertz CT molecular complexity index is 554. The van der Waals surface area contributed by atoms with Crippen LogP contribution in [0.5, 0.6) is 0 Å². The summed E-state index contributed by atoms with van der Waals surface area (Å²) >= 11 is 0. The first kappa shape index (κ1) is 12.7. The predicted molar refractivity (Wildman–Crippen MR) is 64.0 cm³/mol. The van der Waals surface area contributed by atoms with E-state index in [0.717, 1.165) is 11.1 Å². The Morgan fingerprint density at radius 3 is 2.28 bits per heavy atom. The van der Waals surface area contributed by atoms with Gasteiger partial charge in [-0.15, -0.1) is 35.4 Å². The van der Waals surface area contributed by atoms with Crippen molar-refractivity contribution in [3.63, 3.8) is 0 Å². The molecule has 3 nitrogen and oxygen atoms in total. The smallest absolute Gasteiger partial charge is 0.237 e. The van der Waals surface area contributed by atoms with Crippen LogP contribution in [0, 0.1) is 6.07 Å². The van der Waals surface area contributed by atoms with Crippen molar-refractivity contribution >= 4 is 0 Å². The summed E-state index contributed by atoms with van der Waals surface area (Å²) in [6.45, 7) is 0. The van der Waals surface area contributed by atoms with Gasteiger partial charge in [0.1, 0.15) is 0 Å². The number of nitrogens with zero attached hydrogens (tertiary/aromatic N) is 2. The zero-order chi connectivity index (χ0) is 11.5. The fraction of sp³-hybridized carbons (Fsp3) is 0. The van der Waals surface area contributed by atoms with Crippen LogP contribution in [0.3, 0.4) is 0 Å². The molecule has 0 amide bonds. The third-order valence-corrected chi connectivity index (χ3v) is 2.39. The first-order valence-corrected chi connectivity index (χ1v) is 5.29. The number of aromatic nitrogens is 2. The van der Waals surface area contributed by atoms with Crippen molar-refractivity contribution in [1.29, 1.82) is 0 Å². The van der Waals surface area contributed by atoms with Crippen LogP contribution in [-0.2, 0) is 20.1 Å². The van der Waals surface area contributed by atoms with E-state index >= 15 is 0 Å². The Kier molecular flexibility index (Phi) is 4.03. The van der Waals surface area contributed by atoms with Crippen LogP contribution >= 0.6 is 0 Å². The molecule has 0 N–H and O–H groups in total. The van der Waals surface area contributed by atoms with E-state index in [1.165, 1.54) is 0 Å². The van der Waals surface area contributed by atoms with Crippen molar-refractivity contribution in [3.8, 4) is 22.9 Å². The van der Waals surface area contributed by atoms with Crippen LogP contribution < -0.4 is 0 Å². The van der Waals surface area contributed by atoms with Crippen LogP contribution in [-0.4, -0.2) is 10.2 Å². The van der Waals surface area contributed by atoms with E-state index in [1.807, 2.05) is 54.6 Å². The normalized spacial score (nSPS) is 9.78. The SMILES string of the molecule is [Ir].[c-]1ccccc1-c1nnc(-c2ccccc2)o1. The average molecular weight is 413 g/mol. The van der Waals surface area contributed by atoms with Gasteiger partial charge in [0.05, 0.1) is 0 Å². The molecule has 0 bridgehead atoms. The van der Waals surface area contributed by atoms with Crippen LogP contribution in [0.2, 0.25) is 0 Å². The average Bonchev–Trinajstić information content (AvgIpc) is 2.90. The van der Waals surface area contributed by atoms with Gasteiger partial charge in [0.25, 0.3) is 0 Å². The summed E-state index contributed by atoms with van der Waals surface area (Å²) in [7, 11) is 0. The van der Waals surface area contributed by atoms with Crippen LogP contribution in [0.15, 0.2) is 59.0 Å². The van der Waals surface area contributed by atoms with Crippen molar-refractivity contribution in [2.45, 2.75) is 0 Å². The maximum atomic E-state index is 5.60. The summed E-state index contributed by atoms with van der Waals surface area (Å²) in [5.74, 6) is 1.02. The van der Waals surface area contributed by atoms with E-state index in [4.69, 9.17) is 4.42 Å². The van der Waals surface area contributed by atoms with Crippen molar-refractivity contribution < 1.29 is 24.5 Å². The second-order valence-corrected chi connectivity index (χ2v) is 3.55. The molecule has 18 heavy (non-hydrogen) atoms. The molecule has 0 aliphatic rings. The molecule has 91 valence electrons. The Balaban J connectivity index is 0.00000120. The maximum Gasteiger partial charge on any atom is 0.237 e. The summed E-state index contributed by atoms with van der Waals surface area (Å²) in [5.41, 5.74) is 1.73. The first-order chi connectivity index (χ1) is 8.43. The molecular formula is C14H9IrN2O-.